The Bertz CT molecular complexity index is 758. The van der Waals surface area contributed by atoms with Gasteiger partial charge in [0.05, 0.1) is 22.4 Å². The molecule has 0 fully saturated rings. The zero-order valence-electron chi connectivity index (χ0n) is 10.6. The molecule has 2 aromatic carbocycles. The van der Waals surface area contributed by atoms with Crippen LogP contribution in [0.4, 0.5) is 10.1 Å². The van der Waals surface area contributed by atoms with Crippen molar-refractivity contribution in [2.45, 2.75) is 6.54 Å². The van der Waals surface area contributed by atoms with E-state index in [0.29, 0.717) is 6.54 Å². The highest BCUT2D eigenvalue weighted by atomic mass is 35.5. The van der Waals surface area contributed by atoms with Gasteiger partial charge in [-0.05, 0) is 29.8 Å². The number of nitrogens with one attached hydrogen (secondary N) is 1. The Hall–Kier alpha value is -2.13. The average molecular weight is 287 g/mol. The quantitative estimate of drug-likeness (QED) is 0.759. The molecule has 0 saturated heterocycles. The van der Waals surface area contributed by atoms with Crippen molar-refractivity contribution in [2.24, 2.45) is 0 Å². The minimum absolute atomic E-state index is 0.140. The third-order valence-corrected chi connectivity index (χ3v) is 3.38. The van der Waals surface area contributed by atoms with E-state index in [1.807, 2.05) is 30.3 Å². The molecule has 0 spiro atoms. The molecule has 0 radical (unpaired) electrons. The minimum Gasteiger partial charge on any atom is -0.380 e. The smallest absolute Gasteiger partial charge is 0.142 e. The molecule has 2 nitrogen and oxygen atoms in total. The van der Waals surface area contributed by atoms with Gasteiger partial charge in [-0.2, -0.15) is 0 Å². The average Bonchev–Trinajstić information content (AvgIpc) is 2.48. The highest BCUT2D eigenvalue weighted by molar-refractivity contribution is 6.30. The minimum atomic E-state index is -0.400. The van der Waals surface area contributed by atoms with Gasteiger partial charge >= 0.3 is 0 Å². The molecule has 3 aromatic rings. The number of fused-ring (bicyclic) bond motifs is 1. The number of hydrogen-bond acceptors (Lipinski definition) is 2. The van der Waals surface area contributed by atoms with Crippen molar-refractivity contribution in [2.75, 3.05) is 5.32 Å². The van der Waals surface area contributed by atoms with Gasteiger partial charge in [0.2, 0.25) is 0 Å². The molecule has 100 valence electrons. The van der Waals surface area contributed by atoms with Crippen molar-refractivity contribution < 1.29 is 4.39 Å². The van der Waals surface area contributed by atoms with Crippen LogP contribution in [0.15, 0.2) is 54.7 Å². The summed E-state index contributed by atoms with van der Waals surface area (Å²) in [6.07, 6.45) is 1.77. The Kier molecular flexibility index (Phi) is 3.52. The van der Waals surface area contributed by atoms with Gasteiger partial charge in [0.1, 0.15) is 5.82 Å². The number of pyridine rings is 1. The fraction of sp³-hybridized carbons (Fsp3) is 0.0625. The molecule has 0 aliphatic rings. The van der Waals surface area contributed by atoms with Crippen molar-refractivity contribution in [3.63, 3.8) is 0 Å². The SMILES string of the molecule is Fc1cc(CNc2cnc3ccccc3c2)ccc1Cl. The van der Waals surface area contributed by atoms with Crippen molar-refractivity contribution in [1.82, 2.24) is 4.98 Å². The molecule has 1 aromatic heterocycles. The van der Waals surface area contributed by atoms with Gasteiger partial charge in [-0.3, -0.25) is 4.98 Å². The van der Waals surface area contributed by atoms with E-state index in [4.69, 9.17) is 11.6 Å². The zero-order valence-corrected chi connectivity index (χ0v) is 11.4. The van der Waals surface area contributed by atoms with Gasteiger partial charge < -0.3 is 5.32 Å². The fourth-order valence-corrected chi connectivity index (χ4v) is 2.14. The summed E-state index contributed by atoms with van der Waals surface area (Å²) in [6, 6.07) is 14.7. The molecule has 0 saturated carbocycles. The van der Waals surface area contributed by atoms with Crippen LogP contribution in [-0.4, -0.2) is 4.98 Å². The monoisotopic (exact) mass is 286 g/mol. The van der Waals surface area contributed by atoms with Crippen LogP contribution in [0, 0.1) is 5.82 Å². The lowest BCUT2D eigenvalue weighted by Crippen LogP contribution is -2.00. The van der Waals surface area contributed by atoms with Crippen molar-refractivity contribution in [3.8, 4) is 0 Å². The van der Waals surface area contributed by atoms with Crippen LogP contribution in [0.3, 0.4) is 0 Å². The molecule has 0 amide bonds. The summed E-state index contributed by atoms with van der Waals surface area (Å²) in [5, 5.41) is 4.44. The lowest BCUT2D eigenvalue weighted by molar-refractivity contribution is 0.626. The lowest BCUT2D eigenvalue weighted by Gasteiger charge is -2.08. The molecule has 0 atom stereocenters. The predicted octanol–water partition coefficient (Wildman–Crippen LogP) is 4.64. The predicted molar refractivity (Wildman–Crippen MR) is 80.5 cm³/mol. The summed E-state index contributed by atoms with van der Waals surface area (Å²) in [4.78, 5) is 4.37. The highest BCUT2D eigenvalue weighted by Gasteiger charge is 2.02. The summed E-state index contributed by atoms with van der Waals surface area (Å²) < 4.78 is 13.3. The van der Waals surface area contributed by atoms with E-state index in [2.05, 4.69) is 10.3 Å². The summed E-state index contributed by atoms with van der Waals surface area (Å²) in [6.45, 7) is 0.522. The number of benzene rings is 2. The van der Waals surface area contributed by atoms with E-state index >= 15 is 0 Å². The Balaban J connectivity index is 1.77. The summed E-state index contributed by atoms with van der Waals surface area (Å²) >= 11 is 5.66. The van der Waals surface area contributed by atoms with Gasteiger partial charge in [-0.1, -0.05) is 35.9 Å². The summed E-state index contributed by atoms with van der Waals surface area (Å²) in [5.74, 6) is -0.400. The number of halogens is 2. The molecule has 3 rings (SSSR count). The third kappa shape index (κ3) is 2.73. The maximum absolute atomic E-state index is 13.3. The van der Waals surface area contributed by atoms with E-state index in [1.165, 1.54) is 6.07 Å². The van der Waals surface area contributed by atoms with Gasteiger partial charge in [-0.25, -0.2) is 4.39 Å². The molecular formula is C16H12ClFN2. The highest BCUT2D eigenvalue weighted by Crippen LogP contribution is 2.19. The molecule has 1 heterocycles. The molecule has 4 heteroatoms. The summed E-state index contributed by atoms with van der Waals surface area (Å²) in [5.41, 5.74) is 2.69. The van der Waals surface area contributed by atoms with Crippen LogP contribution in [0.1, 0.15) is 5.56 Å². The van der Waals surface area contributed by atoms with E-state index in [0.717, 1.165) is 22.2 Å². The standard InChI is InChI=1S/C16H12ClFN2/c17-14-6-5-11(7-15(14)18)9-19-13-8-12-3-1-2-4-16(12)20-10-13/h1-8,10,19H,9H2. The molecule has 20 heavy (non-hydrogen) atoms. The van der Waals surface area contributed by atoms with Crippen molar-refractivity contribution >= 4 is 28.2 Å². The first-order valence-electron chi connectivity index (χ1n) is 6.25. The molecule has 0 aliphatic heterocycles. The van der Waals surface area contributed by atoms with Crippen LogP contribution >= 0.6 is 11.6 Å². The molecular weight excluding hydrogens is 275 g/mol. The number of para-hydroxylation sites is 1. The maximum Gasteiger partial charge on any atom is 0.142 e. The van der Waals surface area contributed by atoms with Gasteiger partial charge in [0.15, 0.2) is 0 Å². The van der Waals surface area contributed by atoms with Crippen LogP contribution in [0.2, 0.25) is 5.02 Å². The second-order valence-corrected chi connectivity index (χ2v) is 4.93. The number of rotatable bonds is 3. The Morgan fingerprint density at radius 1 is 1.10 bits per heavy atom. The lowest BCUT2D eigenvalue weighted by atomic mass is 10.2. The molecule has 0 unspecified atom stereocenters. The number of anilines is 1. The second kappa shape index (κ2) is 5.47. The molecule has 1 N–H and O–H groups in total. The van der Waals surface area contributed by atoms with E-state index in [9.17, 15) is 4.39 Å². The van der Waals surface area contributed by atoms with Crippen molar-refractivity contribution in [1.29, 1.82) is 0 Å². The van der Waals surface area contributed by atoms with Crippen LogP contribution in [0.5, 0.6) is 0 Å². The Morgan fingerprint density at radius 2 is 1.95 bits per heavy atom. The number of nitrogens with zero attached hydrogens (tertiary/aromatic N) is 1. The largest absolute Gasteiger partial charge is 0.380 e. The number of hydrogen-bond donors (Lipinski definition) is 1. The van der Waals surface area contributed by atoms with Crippen LogP contribution in [-0.2, 0) is 6.54 Å². The summed E-state index contributed by atoms with van der Waals surface area (Å²) in [7, 11) is 0. The first-order valence-corrected chi connectivity index (χ1v) is 6.63. The third-order valence-electron chi connectivity index (χ3n) is 3.07. The fourth-order valence-electron chi connectivity index (χ4n) is 2.02. The second-order valence-electron chi connectivity index (χ2n) is 4.52. The van der Waals surface area contributed by atoms with E-state index in [1.54, 1.807) is 18.3 Å². The van der Waals surface area contributed by atoms with Gasteiger partial charge in [-0.15, -0.1) is 0 Å². The van der Waals surface area contributed by atoms with E-state index in [-0.39, 0.29) is 5.02 Å². The van der Waals surface area contributed by atoms with Gasteiger partial charge in [0.25, 0.3) is 0 Å². The first-order chi connectivity index (χ1) is 9.72. The topological polar surface area (TPSA) is 24.9 Å². The zero-order chi connectivity index (χ0) is 13.9. The first kappa shape index (κ1) is 12.9. The van der Waals surface area contributed by atoms with Crippen molar-refractivity contribution in [3.05, 3.63) is 71.1 Å². The van der Waals surface area contributed by atoms with E-state index < -0.39 is 5.82 Å². The maximum atomic E-state index is 13.3. The normalized spacial score (nSPS) is 10.7. The molecule has 0 bridgehead atoms. The van der Waals surface area contributed by atoms with Crippen LogP contribution in [0.25, 0.3) is 10.9 Å². The molecule has 0 aliphatic carbocycles. The van der Waals surface area contributed by atoms with Gasteiger partial charge in [0, 0.05) is 11.9 Å². The number of aromatic nitrogens is 1. The Morgan fingerprint density at radius 3 is 2.80 bits per heavy atom. The Labute approximate surface area is 121 Å². The van der Waals surface area contributed by atoms with Crippen LogP contribution < -0.4 is 5.32 Å².